The molecule has 5 nitrogen and oxygen atoms in total. The van der Waals surface area contributed by atoms with Gasteiger partial charge in [-0.2, -0.15) is 5.10 Å². The minimum Gasteiger partial charge on any atom is -0.327 e. The molecule has 0 bridgehead atoms. The van der Waals surface area contributed by atoms with E-state index in [0.717, 1.165) is 24.1 Å². The summed E-state index contributed by atoms with van der Waals surface area (Å²) in [7, 11) is 0. The zero-order valence-electron chi connectivity index (χ0n) is 15.5. The van der Waals surface area contributed by atoms with Crippen LogP contribution in [0.15, 0.2) is 41.0 Å². The van der Waals surface area contributed by atoms with Gasteiger partial charge in [-0.15, -0.1) is 0 Å². The van der Waals surface area contributed by atoms with Crippen molar-refractivity contribution in [3.8, 4) is 0 Å². The average molecular weight is 443 g/mol. The first-order valence-electron chi connectivity index (χ1n) is 9.63. The fourth-order valence-corrected chi connectivity index (χ4v) is 4.62. The number of fused-ring (bicyclic) bond motifs is 2. The van der Waals surface area contributed by atoms with E-state index in [1.807, 2.05) is 41.8 Å². The molecule has 7 heteroatoms. The number of hydrogen-bond donors (Lipinski definition) is 0. The molecule has 2 aliphatic rings. The third kappa shape index (κ3) is 2.75. The van der Waals surface area contributed by atoms with E-state index in [9.17, 15) is 9.18 Å². The summed E-state index contributed by atoms with van der Waals surface area (Å²) in [5.41, 5.74) is 3.55. The van der Waals surface area contributed by atoms with Crippen LogP contribution in [0.1, 0.15) is 71.6 Å². The summed E-state index contributed by atoms with van der Waals surface area (Å²) < 4.78 is 17.3. The molecule has 0 saturated heterocycles. The van der Waals surface area contributed by atoms with Gasteiger partial charge in [-0.05, 0) is 52.9 Å². The number of alkyl halides is 1. The van der Waals surface area contributed by atoms with Gasteiger partial charge in [-0.3, -0.25) is 4.79 Å². The molecular weight excluding hydrogens is 423 g/mol. The Morgan fingerprint density at radius 2 is 1.96 bits per heavy atom. The van der Waals surface area contributed by atoms with Crippen LogP contribution in [-0.2, 0) is 0 Å². The van der Waals surface area contributed by atoms with Crippen LogP contribution in [0.3, 0.4) is 0 Å². The first-order valence-corrected chi connectivity index (χ1v) is 10.4. The molecule has 1 amide bonds. The summed E-state index contributed by atoms with van der Waals surface area (Å²) in [6.07, 6.45) is 2.17. The fourth-order valence-electron chi connectivity index (χ4n) is 4.25. The maximum atomic E-state index is 14.8. The van der Waals surface area contributed by atoms with Crippen LogP contribution < -0.4 is 0 Å². The Hall–Kier alpha value is -2.28. The topological polar surface area (TPSA) is 50.5 Å². The van der Waals surface area contributed by atoms with Crippen LogP contribution in [0.2, 0.25) is 0 Å². The minimum absolute atomic E-state index is 0.0472. The second-order valence-electron chi connectivity index (χ2n) is 7.66. The summed E-state index contributed by atoms with van der Waals surface area (Å²) in [4.78, 5) is 19.5. The Balaban J connectivity index is 1.56. The predicted octanol–water partition coefficient (Wildman–Crippen LogP) is 4.99. The molecule has 0 spiro atoms. The molecule has 1 aliphatic heterocycles. The van der Waals surface area contributed by atoms with Gasteiger partial charge in [0.05, 0.1) is 12.6 Å². The van der Waals surface area contributed by atoms with E-state index in [2.05, 4.69) is 26.0 Å². The normalized spacial score (nSPS) is 22.2. The summed E-state index contributed by atoms with van der Waals surface area (Å²) in [5.74, 6) is 0.155. The highest BCUT2D eigenvalue weighted by molar-refractivity contribution is 9.10. The SMILES string of the molecule is CC1c2ccccc2C(F)CN1C(=O)c1cc(C2CCC2)n2nc(Br)cc2n1. The Bertz CT molecular complexity index is 1080. The van der Waals surface area contributed by atoms with Crippen LogP contribution in [0, 0.1) is 0 Å². The van der Waals surface area contributed by atoms with Crippen molar-refractivity contribution >= 4 is 27.5 Å². The van der Waals surface area contributed by atoms with E-state index in [0.29, 0.717) is 27.4 Å². The molecule has 144 valence electrons. The fraction of sp³-hybridized carbons (Fsp3) is 0.381. The number of benzene rings is 1. The van der Waals surface area contributed by atoms with Crippen molar-refractivity contribution in [1.82, 2.24) is 19.5 Å². The molecule has 0 radical (unpaired) electrons. The first-order chi connectivity index (χ1) is 13.5. The lowest BCUT2D eigenvalue weighted by atomic mass is 9.82. The van der Waals surface area contributed by atoms with Crippen LogP contribution >= 0.6 is 15.9 Å². The van der Waals surface area contributed by atoms with Crippen LogP contribution in [0.25, 0.3) is 5.65 Å². The Morgan fingerprint density at radius 3 is 2.68 bits per heavy atom. The standard InChI is InChI=1S/C21H20BrFN4O/c1-12-14-7-2-3-8-15(14)16(23)11-26(12)21(28)17-9-18(13-5-4-6-13)27-20(24-17)10-19(22)25-27/h2-3,7-10,12-13,16H,4-6,11H2,1H3. The van der Waals surface area contributed by atoms with Gasteiger partial charge in [0.2, 0.25) is 0 Å². The van der Waals surface area contributed by atoms with Gasteiger partial charge in [-0.25, -0.2) is 13.9 Å². The van der Waals surface area contributed by atoms with Gasteiger partial charge in [0.25, 0.3) is 5.91 Å². The van der Waals surface area contributed by atoms with E-state index in [-0.39, 0.29) is 18.5 Å². The Labute approximate surface area is 170 Å². The molecule has 1 saturated carbocycles. The van der Waals surface area contributed by atoms with Gasteiger partial charge < -0.3 is 4.90 Å². The van der Waals surface area contributed by atoms with Crippen molar-refractivity contribution in [2.75, 3.05) is 6.54 Å². The number of carbonyl (C=O) groups is 1. The third-order valence-corrected chi connectivity index (χ3v) is 6.42. The molecular formula is C21H20BrFN4O. The van der Waals surface area contributed by atoms with Gasteiger partial charge >= 0.3 is 0 Å². The van der Waals surface area contributed by atoms with Gasteiger partial charge in [-0.1, -0.05) is 30.7 Å². The van der Waals surface area contributed by atoms with Crippen molar-refractivity contribution in [3.63, 3.8) is 0 Å². The highest BCUT2D eigenvalue weighted by Gasteiger charge is 2.35. The lowest BCUT2D eigenvalue weighted by Gasteiger charge is -2.37. The molecule has 2 aromatic heterocycles. The lowest BCUT2D eigenvalue weighted by molar-refractivity contribution is 0.0584. The van der Waals surface area contributed by atoms with E-state index in [1.165, 1.54) is 6.42 Å². The lowest BCUT2D eigenvalue weighted by Crippen LogP contribution is -2.40. The number of carbonyl (C=O) groups excluding carboxylic acids is 1. The monoisotopic (exact) mass is 442 g/mol. The van der Waals surface area contributed by atoms with Crippen LogP contribution in [0.5, 0.6) is 0 Å². The first kappa shape index (κ1) is 17.8. The zero-order chi connectivity index (χ0) is 19.4. The molecule has 28 heavy (non-hydrogen) atoms. The van der Waals surface area contributed by atoms with Crippen molar-refractivity contribution in [1.29, 1.82) is 0 Å². The van der Waals surface area contributed by atoms with Crippen LogP contribution in [0.4, 0.5) is 4.39 Å². The van der Waals surface area contributed by atoms with Crippen LogP contribution in [-0.4, -0.2) is 31.9 Å². The average Bonchev–Trinajstić information content (AvgIpc) is 3.03. The smallest absolute Gasteiger partial charge is 0.273 e. The minimum atomic E-state index is -1.18. The Morgan fingerprint density at radius 1 is 1.21 bits per heavy atom. The number of rotatable bonds is 2. The highest BCUT2D eigenvalue weighted by Crippen LogP contribution is 2.39. The van der Waals surface area contributed by atoms with Crippen molar-refractivity contribution in [2.24, 2.45) is 0 Å². The molecule has 2 unspecified atom stereocenters. The second-order valence-corrected chi connectivity index (χ2v) is 8.47. The number of aromatic nitrogens is 3. The van der Waals surface area contributed by atoms with Crippen molar-refractivity contribution in [2.45, 2.75) is 44.3 Å². The van der Waals surface area contributed by atoms with Gasteiger partial charge in [0.15, 0.2) is 5.65 Å². The largest absolute Gasteiger partial charge is 0.327 e. The maximum Gasteiger partial charge on any atom is 0.273 e. The van der Waals surface area contributed by atoms with Crippen molar-refractivity contribution < 1.29 is 9.18 Å². The molecule has 3 heterocycles. The maximum absolute atomic E-state index is 14.8. The quantitative estimate of drug-likeness (QED) is 0.561. The molecule has 1 aromatic carbocycles. The van der Waals surface area contributed by atoms with Gasteiger partial charge in [0.1, 0.15) is 16.5 Å². The second kappa shape index (κ2) is 6.65. The summed E-state index contributed by atoms with van der Waals surface area (Å²) in [6, 6.07) is 10.9. The van der Waals surface area contributed by atoms with E-state index in [1.54, 1.807) is 11.0 Å². The molecule has 3 aromatic rings. The summed E-state index contributed by atoms with van der Waals surface area (Å²) >= 11 is 3.40. The zero-order valence-corrected chi connectivity index (χ0v) is 17.1. The van der Waals surface area contributed by atoms with E-state index < -0.39 is 6.17 Å². The molecule has 1 fully saturated rings. The number of amides is 1. The molecule has 2 atom stereocenters. The number of nitrogens with zero attached hydrogens (tertiary/aromatic N) is 4. The predicted molar refractivity (Wildman–Crippen MR) is 107 cm³/mol. The molecule has 0 N–H and O–H groups in total. The highest BCUT2D eigenvalue weighted by atomic mass is 79.9. The summed E-state index contributed by atoms with van der Waals surface area (Å²) in [5, 5.41) is 4.47. The van der Waals surface area contributed by atoms with E-state index >= 15 is 0 Å². The Kier molecular flexibility index (Phi) is 4.23. The van der Waals surface area contributed by atoms with Crippen molar-refractivity contribution in [3.05, 3.63) is 63.5 Å². The molecule has 5 rings (SSSR count). The number of hydrogen-bond acceptors (Lipinski definition) is 3. The third-order valence-electron chi connectivity index (χ3n) is 6.04. The molecule has 1 aliphatic carbocycles. The number of halogens is 2. The summed E-state index contributed by atoms with van der Waals surface area (Å²) in [6.45, 7) is 2.00. The van der Waals surface area contributed by atoms with Gasteiger partial charge in [0, 0.05) is 17.7 Å². The van der Waals surface area contributed by atoms with E-state index in [4.69, 9.17) is 0 Å².